The number of hydrogen-bond acceptors (Lipinski definition) is 8. The molecule has 1 aromatic heterocycles. The number of likely N-dealkylation sites (tertiary alicyclic amines) is 1. The summed E-state index contributed by atoms with van der Waals surface area (Å²) in [5, 5.41) is 3.14. The lowest BCUT2D eigenvalue weighted by Gasteiger charge is -2.29. The number of aromatic nitrogens is 1. The van der Waals surface area contributed by atoms with Crippen LogP contribution < -0.4 is 10.2 Å². The molecule has 4 aromatic carbocycles. The molecule has 278 valence electrons. The molecule has 3 fully saturated rings. The van der Waals surface area contributed by atoms with E-state index in [2.05, 4.69) is 27.3 Å². The molecule has 0 radical (unpaired) electrons. The molecule has 5 aromatic rings. The molecular weight excluding hydrogens is 709 g/mol. The Morgan fingerprint density at radius 1 is 0.818 bits per heavy atom. The fourth-order valence-electron chi connectivity index (χ4n) is 7.43. The molecule has 3 aliphatic rings. The Bertz CT molecular complexity index is 2090. The Hall–Kier alpha value is -5.78. The fourth-order valence-corrected chi connectivity index (χ4v) is 8.60. The molecule has 1 N–H and O–H groups in total. The fraction of sp³-hybridized carbons (Fsp3) is 0.250. The van der Waals surface area contributed by atoms with Gasteiger partial charge in [-0.15, -0.1) is 0 Å². The van der Waals surface area contributed by atoms with E-state index in [-0.39, 0.29) is 17.7 Å². The van der Waals surface area contributed by atoms with Crippen LogP contribution in [-0.4, -0.2) is 76.6 Å². The molecular formula is C44H42N6O4S. The number of pyridine rings is 1. The van der Waals surface area contributed by atoms with Crippen molar-refractivity contribution in [3.8, 4) is 0 Å². The monoisotopic (exact) mass is 750 g/mol. The molecule has 11 heteroatoms. The van der Waals surface area contributed by atoms with Gasteiger partial charge in [0.2, 0.25) is 17.7 Å². The second-order valence-electron chi connectivity index (χ2n) is 13.8. The Kier molecular flexibility index (Phi) is 11.0. The number of nitrogens with one attached hydrogen (secondary N) is 1. The second-order valence-corrected chi connectivity index (χ2v) is 14.9. The van der Waals surface area contributed by atoms with E-state index in [1.807, 2.05) is 115 Å². The number of nitrogens with zero attached hydrogens (tertiary/aromatic N) is 5. The molecule has 0 saturated carbocycles. The van der Waals surface area contributed by atoms with Crippen LogP contribution in [0.25, 0.3) is 0 Å². The Morgan fingerprint density at radius 3 is 2.15 bits per heavy atom. The van der Waals surface area contributed by atoms with Gasteiger partial charge in [-0.25, -0.2) is 4.99 Å². The van der Waals surface area contributed by atoms with Gasteiger partial charge in [-0.05, 0) is 78.1 Å². The standard InChI is InChI=1S/C44H42N6O4S/c51-41(38-15-9-25-49(38)42(52)39(31-10-3-1-4-11-31)32-12-5-2-6-13-32)46-34-18-16-33(17-19-34)40-43(53)50(30-36-14-7-8-24-45-36)44(55-40)47-35-20-22-37(23-21-35)48-26-28-54-29-27-48/h1-8,10-14,16-24,38-40H,9,15,25-30H2,(H,46,51)/t38-,40?/m0/s1. The number of amides is 3. The van der Waals surface area contributed by atoms with Gasteiger partial charge in [-0.3, -0.25) is 24.3 Å². The van der Waals surface area contributed by atoms with Crippen LogP contribution in [0.15, 0.2) is 139 Å². The molecule has 1 unspecified atom stereocenters. The van der Waals surface area contributed by atoms with E-state index in [1.165, 1.54) is 11.8 Å². The molecule has 2 atom stereocenters. The van der Waals surface area contributed by atoms with Crippen LogP contribution >= 0.6 is 11.8 Å². The molecule has 3 aliphatic heterocycles. The van der Waals surface area contributed by atoms with E-state index >= 15 is 0 Å². The van der Waals surface area contributed by atoms with Gasteiger partial charge in [0.05, 0.1) is 37.1 Å². The maximum Gasteiger partial charge on any atom is 0.247 e. The lowest BCUT2D eigenvalue weighted by molar-refractivity contribution is -0.137. The number of thioether (sulfide) groups is 1. The number of morpholine rings is 1. The van der Waals surface area contributed by atoms with Crippen molar-refractivity contribution in [3.63, 3.8) is 0 Å². The molecule has 0 spiro atoms. The number of amidine groups is 1. The van der Waals surface area contributed by atoms with Crippen molar-refractivity contribution < 1.29 is 19.1 Å². The summed E-state index contributed by atoms with van der Waals surface area (Å²) >= 11 is 1.41. The van der Waals surface area contributed by atoms with E-state index in [4.69, 9.17) is 9.73 Å². The van der Waals surface area contributed by atoms with Crippen LogP contribution in [0.1, 0.15) is 46.4 Å². The van der Waals surface area contributed by atoms with Crippen LogP contribution in [0, 0.1) is 0 Å². The number of benzene rings is 4. The third kappa shape index (κ3) is 8.18. The van der Waals surface area contributed by atoms with Crippen LogP contribution in [0.2, 0.25) is 0 Å². The van der Waals surface area contributed by atoms with Crippen LogP contribution in [0.5, 0.6) is 0 Å². The topological polar surface area (TPSA) is 107 Å². The number of carbonyl (C=O) groups excluding carboxylic acids is 3. The first-order chi connectivity index (χ1) is 27.0. The molecule has 10 nitrogen and oxygen atoms in total. The van der Waals surface area contributed by atoms with Gasteiger partial charge < -0.3 is 19.9 Å². The van der Waals surface area contributed by atoms with Crippen molar-refractivity contribution in [1.82, 2.24) is 14.8 Å². The first-order valence-electron chi connectivity index (χ1n) is 18.7. The minimum atomic E-state index is -0.587. The average molecular weight is 751 g/mol. The maximum atomic E-state index is 14.2. The van der Waals surface area contributed by atoms with Gasteiger partial charge in [0.1, 0.15) is 11.3 Å². The largest absolute Gasteiger partial charge is 0.378 e. The molecule has 3 saturated heterocycles. The SMILES string of the molecule is O=C(Nc1ccc(C2SC(=Nc3ccc(N4CCOCC4)cc3)N(Cc3ccccn3)C2=O)cc1)[C@@H]1CCCN1C(=O)C(c1ccccc1)c1ccccc1. The van der Waals surface area contributed by atoms with Crippen LogP contribution in [-0.2, 0) is 25.7 Å². The maximum absolute atomic E-state index is 14.2. The third-order valence-electron chi connectivity index (χ3n) is 10.3. The summed E-state index contributed by atoms with van der Waals surface area (Å²) in [6.07, 6.45) is 3.06. The summed E-state index contributed by atoms with van der Waals surface area (Å²) in [7, 11) is 0. The number of anilines is 2. The number of hydrogen-bond donors (Lipinski definition) is 1. The zero-order valence-electron chi connectivity index (χ0n) is 30.4. The summed E-state index contributed by atoms with van der Waals surface area (Å²) in [6, 6.07) is 40.0. The molecule has 0 bridgehead atoms. The van der Waals surface area contributed by atoms with Crippen molar-refractivity contribution in [2.75, 3.05) is 43.1 Å². The quantitative estimate of drug-likeness (QED) is 0.161. The zero-order valence-corrected chi connectivity index (χ0v) is 31.2. The van der Waals surface area contributed by atoms with Gasteiger partial charge in [0, 0.05) is 37.2 Å². The first-order valence-corrected chi connectivity index (χ1v) is 19.6. The van der Waals surface area contributed by atoms with E-state index in [0.29, 0.717) is 43.6 Å². The molecule has 55 heavy (non-hydrogen) atoms. The van der Waals surface area contributed by atoms with Crippen molar-refractivity contribution >= 4 is 51.7 Å². The molecule has 8 rings (SSSR count). The van der Waals surface area contributed by atoms with Gasteiger partial charge in [0.15, 0.2) is 5.17 Å². The number of carbonyl (C=O) groups is 3. The highest BCUT2D eigenvalue weighted by atomic mass is 32.2. The lowest BCUT2D eigenvalue weighted by Crippen LogP contribution is -2.45. The van der Waals surface area contributed by atoms with E-state index < -0.39 is 17.2 Å². The lowest BCUT2D eigenvalue weighted by atomic mass is 9.90. The number of aliphatic imine (C=N–C) groups is 1. The minimum absolute atomic E-state index is 0.0806. The zero-order chi connectivity index (χ0) is 37.6. The molecule has 3 amide bonds. The van der Waals surface area contributed by atoms with Gasteiger partial charge in [-0.2, -0.15) is 0 Å². The highest BCUT2D eigenvalue weighted by Crippen LogP contribution is 2.42. The predicted molar refractivity (Wildman–Crippen MR) is 216 cm³/mol. The highest BCUT2D eigenvalue weighted by molar-refractivity contribution is 8.15. The van der Waals surface area contributed by atoms with Crippen molar-refractivity contribution in [3.05, 3.63) is 156 Å². The van der Waals surface area contributed by atoms with Gasteiger partial charge >= 0.3 is 0 Å². The van der Waals surface area contributed by atoms with Gasteiger partial charge in [-0.1, -0.05) is 90.6 Å². The summed E-state index contributed by atoms with van der Waals surface area (Å²) < 4.78 is 5.50. The third-order valence-corrected chi connectivity index (χ3v) is 11.5. The summed E-state index contributed by atoms with van der Waals surface area (Å²) in [4.78, 5) is 57.1. The van der Waals surface area contributed by atoms with Crippen molar-refractivity contribution in [2.24, 2.45) is 4.99 Å². The number of ether oxygens (including phenoxy) is 1. The van der Waals surface area contributed by atoms with Crippen molar-refractivity contribution in [1.29, 1.82) is 0 Å². The predicted octanol–water partition coefficient (Wildman–Crippen LogP) is 7.18. The van der Waals surface area contributed by atoms with E-state index in [1.54, 1.807) is 16.0 Å². The Balaban J connectivity index is 0.975. The molecule has 0 aliphatic carbocycles. The Labute approximate surface area is 325 Å². The van der Waals surface area contributed by atoms with E-state index in [0.717, 1.165) is 53.3 Å². The van der Waals surface area contributed by atoms with Crippen LogP contribution in [0.4, 0.5) is 17.1 Å². The van der Waals surface area contributed by atoms with Gasteiger partial charge in [0.25, 0.3) is 0 Å². The van der Waals surface area contributed by atoms with Crippen LogP contribution in [0.3, 0.4) is 0 Å². The average Bonchev–Trinajstić information content (AvgIpc) is 3.85. The highest BCUT2D eigenvalue weighted by Gasteiger charge is 2.40. The summed E-state index contributed by atoms with van der Waals surface area (Å²) in [5.74, 6) is -0.886. The second kappa shape index (κ2) is 16.7. The summed E-state index contributed by atoms with van der Waals surface area (Å²) in [5.41, 5.74) is 5.85. The first kappa shape index (κ1) is 36.2. The smallest absolute Gasteiger partial charge is 0.247 e. The Morgan fingerprint density at radius 2 is 1.49 bits per heavy atom. The normalized spacial score (nSPS) is 19.3. The van der Waals surface area contributed by atoms with Crippen molar-refractivity contribution in [2.45, 2.75) is 36.6 Å². The summed E-state index contributed by atoms with van der Waals surface area (Å²) in [6.45, 7) is 3.94. The number of rotatable bonds is 10. The minimum Gasteiger partial charge on any atom is -0.378 e. The molecule has 4 heterocycles. The van der Waals surface area contributed by atoms with E-state index in [9.17, 15) is 14.4 Å².